The highest BCUT2D eigenvalue weighted by molar-refractivity contribution is 6.32. The Morgan fingerprint density at radius 3 is 2.79 bits per heavy atom. The van der Waals surface area contributed by atoms with Crippen LogP contribution in [0.3, 0.4) is 0 Å². The fourth-order valence-corrected chi connectivity index (χ4v) is 2.13. The summed E-state index contributed by atoms with van der Waals surface area (Å²) in [4.78, 5) is 0. The predicted octanol–water partition coefficient (Wildman–Crippen LogP) is 3.84. The van der Waals surface area contributed by atoms with Crippen LogP contribution < -0.4 is 0 Å². The van der Waals surface area contributed by atoms with E-state index in [1.165, 1.54) is 18.4 Å². The average molecular weight is 206 g/mol. The number of halogens is 1. The Morgan fingerprint density at radius 1 is 1.50 bits per heavy atom. The first-order valence-corrected chi connectivity index (χ1v) is 5.29. The van der Waals surface area contributed by atoms with Crippen LogP contribution in [-0.4, -0.2) is 0 Å². The maximum absolute atomic E-state index is 8.85. The third kappa shape index (κ3) is 1.63. The highest BCUT2D eigenvalue weighted by Crippen LogP contribution is 2.44. The number of nitriles is 1. The summed E-state index contributed by atoms with van der Waals surface area (Å²) in [5, 5.41) is 9.66. The van der Waals surface area contributed by atoms with Crippen molar-refractivity contribution in [2.45, 2.75) is 31.6 Å². The van der Waals surface area contributed by atoms with E-state index in [0.717, 1.165) is 10.6 Å². The molecule has 0 bridgehead atoms. The second kappa shape index (κ2) is 3.63. The summed E-state index contributed by atoms with van der Waals surface area (Å²) < 4.78 is 0. The molecule has 1 nitrogen and oxygen atoms in total. The zero-order valence-corrected chi connectivity index (χ0v) is 8.88. The van der Waals surface area contributed by atoms with Crippen molar-refractivity contribution >= 4 is 11.6 Å². The first kappa shape index (κ1) is 9.55. The van der Waals surface area contributed by atoms with E-state index in [4.69, 9.17) is 16.9 Å². The third-order valence-corrected chi connectivity index (χ3v) is 3.17. The Morgan fingerprint density at radius 2 is 2.21 bits per heavy atom. The maximum atomic E-state index is 8.85. The molecule has 1 fully saturated rings. The van der Waals surface area contributed by atoms with Crippen molar-refractivity contribution in [2.24, 2.45) is 0 Å². The molecule has 0 radical (unpaired) electrons. The van der Waals surface area contributed by atoms with Crippen LogP contribution in [0.4, 0.5) is 0 Å². The topological polar surface area (TPSA) is 23.8 Å². The van der Waals surface area contributed by atoms with Gasteiger partial charge in [0.1, 0.15) is 0 Å². The number of rotatable bonds is 2. The van der Waals surface area contributed by atoms with Gasteiger partial charge in [0.25, 0.3) is 0 Å². The van der Waals surface area contributed by atoms with Crippen LogP contribution in [-0.2, 0) is 0 Å². The smallest absolute Gasteiger partial charge is 0.0701 e. The molecular formula is C12H12ClN. The molecule has 1 unspecified atom stereocenters. The fraction of sp³-hybridized carbons (Fsp3) is 0.417. The van der Waals surface area contributed by atoms with Crippen LogP contribution in [0, 0.1) is 11.3 Å². The second-order valence-electron chi connectivity index (χ2n) is 3.88. The minimum absolute atomic E-state index is 0.110. The van der Waals surface area contributed by atoms with Gasteiger partial charge >= 0.3 is 0 Å². The van der Waals surface area contributed by atoms with Crippen LogP contribution >= 0.6 is 11.6 Å². The van der Waals surface area contributed by atoms with Gasteiger partial charge in [-0.1, -0.05) is 29.8 Å². The Labute approximate surface area is 89.3 Å². The second-order valence-corrected chi connectivity index (χ2v) is 4.25. The number of hydrogen-bond donors (Lipinski definition) is 0. The Balaban J connectivity index is 2.41. The first-order chi connectivity index (χ1) is 6.74. The molecule has 0 heterocycles. The Kier molecular flexibility index (Phi) is 2.48. The standard InChI is InChI=1S/C12H12ClN/c1-8(7-14)10-3-2-4-11(12(10)13)9-5-6-9/h2-4,8-9H,5-6H2,1H3. The molecule has 1 aliphatic carbocycles. The molecule has 1 aromatic rings. The van der Waals surface area contributed by atoms with E-state index in [2.05, 4.69) is 12.1 Å². The van der Waals surface area contributed by atoms with E-state index < -0.39 is 0 Å². The summed E-state index contributed by atoms with van der Waals surface area (Å²) in [7, 11) is 0. The highest BCUT2D eigenvalue weighted by atomic mass is 35.5. The van der Waals surface area contributed by atoms with Crippen LogP contribution in [0.2, 0.25) is 5.02 Å². The quantitative estimate of drug-likeness (QED) is 0.720. The lowest BCUT2D eigenvalue weighted by Crippen LogP contribution is -1.93. The molecule has 2 rings (SSSR count). The highest BCUT2D eigenvalue weighted by Gasteiger charge is 2.27. The van der Waals surface area contributed by atoms with Crippen LogP contribution in [0.1, 0.15) is 42.7 Å². The number of nitrogens with zero attached hydrogens (tertiary/aromatic N) is 1. The lowest BCUT2D eigenvalue weighted by atomic mass is 9.98. The van der Waals surface area contributed by atoms with Crippen LogP contribution in [0.25, 0.3) is 0 Å². The van der Waals surface area contributed by atoms with Crippen molar-refractivity contribution in [3.63, 3.8) is 0 Å². The number of hydrogen-bond acceptors (Lipinski definition) is 1. The van der Waals surface area contributed by atoms with E-state index >= 15 is 0 Å². The summed E-state index contributed by atoms with van der Waals surface area (Å²) in [6.45, 7) is 1.89. The summed E-state index contributed by atoms with van der Waals surface area (Å²) in [6.07, 6.45) is 2.48. The van der Waals surface area contributed by atoms with Gasteiger partial charge in [0.05, 0.1) is 12.0 Å². The zero-order chi connectivity index (χ0) is 10.1. The lowest BCUT2D eigenvalue weighted by Gasteiger charge is -2.09. The van der Waals surface area contributed by atoms with Crippen molar-refractivity contribution in [3.05, 3.63) is 34.3 Å². The summed E-state index contributed by atoms with van der Waals surface area (Å²) in [5.41, 5.74) is 2.20. The van der Waals surface area contributed by atoms with Gasteiger partial charge in [0.2, 0.25) is 0 Å². The van der Waals surface area contributed by atoms with Crippen LogP contribution in [0.5, 0.6) is 0 Å². The van der Waals surface area contributed by atoms with Gasteiger partial charge in [-0.05, 0) is 36.8 Å². The molecule has 1 aliphatic rings. The minimum Gasteiger partial charge on any atom is -0.198 e. The molecule has 2 heteroatoms. The van der Waals surface area contributed by atoms with Crippen molar-refractivity contribution in [1.82, 2.24) is 0 Å². The molecule has 0 aliphatic heterocycles. The SMILES string of the molecule is CC(C#N)c1cccc(C2CC2)c1Cl. The molecule has 0 N–H and O–H groups in total. The van der Waals surface area contributed by atoms with Gasteiger partial charge in [-0.15, -0.1) is 0 Å². The Bertz CT molecular complexity index is 388. The molecule has 1 atom stereocenters. The molecule has 1 aromatic carbocycles. The molecule has 1 saturated carbocycles. The normalized spacial score (nSPS) is 17.5. The van der Waals surface area contributed by atoms with Crippen molar-refractivity contribution in [2.75, 3.05) is 0 Å². The predicted molar refractivity (Wildman–Crippen MR) is 57.5 cm³/mol. The first-order valence-electron chi connectivity index (χ1n) is 4.92. The van der Waals surface area contributed by atoms with E-state index in [1.807, 2.05) is 19.1 Å². The van der Waals surface area contributed by atoms with E-state index in [1.54, 1.807) is 0 Å². The van der Waals surface area contributed by atoms with Gasteiger partial charge in [-0.3, -0.25) is 0 Å². The molecule has 0 spiro atoms. The van der Waals surface area contributed by atoms with Gasteiger partial charge < -0.3 is 0 Å². The molecule has 72 valence electrons. The Hall–Kier alpha value is -1.00. The minimum atomic E-state index is -0.110. The average Bonchev–Trinajstić information content (AvgIpc) is 3.01. The van der Waals surface area contributed by atoms with E-state index in [0.29, 0.717) is 5.92 Å². The third-order valence-electron chi connectivity index (χ3n) is 2.74. The molecule has 0 amide bonds. The summed E-state index contributed by atoms with van der Waals surface area (Å²) >= 11 is 6.27. The van der Waals surface area contributed by atoms with E-state index in [-0.39, 0.29) is 5.92 Å². The van der Waals surface area contributed by atoms with Gasteiger partial charge in [0, 0.05) is 5.02 Å². The van der Waals surface area contributed by atoms with Crippen LogP contribution in [0.15, 0.2) is 18.2 Å². The van der Waals surface area contributed by atoms with Gasteiger partial charge in [0.15, 0.2) is 0 Å². The number of benzene rings is 1. The largest absolute Gasteiger partial charge is 0.198 e. The molecule has 0 saturated heterocycles. The van der Waals surface area contributed by atoms with Crippen molar-refractivity contribution in [1.29, 1.82) is 5.26 Å². The van der Waals surface area contributed by atoms with Gasteiger partial charge in [-0.2, -0.15) is 5.26 Å². The zero-order valence-electron chi connectivity index (χ0n) is 8.13. The van der Waals surface area contributed by atoms with Crippen molar-refractivity contribution in [3.8, 4) is 6.07 Å². The summed E-state index contributed by atoms with van der Waals surface area (Å²) in [6, 6.07) is 8.25. The maximum Gasteiger partial charge on any atom is 0.0701 e. The lowest BCUT2D eigenvalue weighted by molar-refractivity contribution is 0.970. The van der Waals surface area contributed by atoms with E-state index in [9.17, 15) is 0 Å². The monoisotopic (exact) mass is 205 g/mol. The molecular weight excluding hydrogens is 194 g/mol. The molecule has 14 heavy (non-hydrogen) atoms. The fourth-order valence-electron chi connectivity index (χ4n) is 1.68. The molecule has 0 aromatic heterocycles. The van der Waals surface area contributed by atoms with Crippen molar-refractivity contribution < 1.29 is 0 Å². The summed E-state index contributed by atoms with van der Waals surface area (Å²) in [5.74, 6) is 0.537. The van der Waals surface area contributed by atoms with Gasteiger partial charge in [-0.25, -0.2) is 0 Å².